The Hall–Kier alpha value is -3.48. The van der Waals surface area contributed by atoms with Crippen LogP contribution in [0.2, 0.25) is 0 Å². The second kappa shape index (κ2) is 7.16. The van der Waals surface area contributed by atoms with Crippen molar-refractivity contribution in [2.75, 3.05) is 0 Å². The molecule has 0 saturated carbocycles. The molecule has 7 nitrogen and oxygen atoms in total. The Kier molecular flexibility index (Phi) is 4.66. The number of rotatable bonds is 4. The summed E-state index contributed by atoms with van der Waals surface area (Å²) in [5.74, 6) is -0.130. The number of aromatic nitrogens is 5. The van der Waals surface area contributed by atoms with Gasteiger partial charge in [0.15, 0.2) is 0 Å². The molecular weight excluding hydrogens is 364 g/mol. The van der Waals surface area contributed by atoms with Gasteiger partial charge in [0.2, 0.25) is 0 Å². The second-order valence-corrected chi connectivity index (χ2v) is 8.11. The van der Waals surface area contributed by atoms with Gasteiger partial charge in [-0.15, -0.1) is 0 Å². The lowest BCUT2D eigenvalue weighted by molar-refractivity contribution is 0.0950. The highest BCUT2D eigenvalue weighted by Gasteiger charge is 2.17. The lowest BCUT2D eigenvalue weighted by atomic mass is 10.0. The van der Waals surface area contributed by atoms with Crippen LogP contribution in [0.5, 0.6) is 0 Å². The zero-order valence-corrected chi connectivity index (χ0v) is 17.0. The lowest BCUT2D eigenvalue weighted by Crippen LogP contribution is -2.24. The summed E-state index contributed by atoms with van der Waals surface area (Å²) in [6.45, 7) is 8.64. The molecule has 1 N–H and O–H groups in total. The van der Waals surface area contributed by atoms with Crippen LogP contribution in [-0.2, 0) is 12.1 Å². The summed E-state index contributed by atoms with van der Waals surface area (Å²) < 4.78 is 3.61. The van der Waals surface area contributed by atoms with Crippen molar-refractivity contribution in [3.63, 3.8) is 0 Å². The second-order valence-electron chi connectivity index (χ2n) is 8.11. The van der Waals surface area contributed by atoms with E-state index in [1.807, 2.05) is 62.7 Å². The van der Waals surface area contributed by atoms with Crippen LogP contribution >= 0.6 is 0 Å². The third-order valence-electron chi connectivity index (χ3n) is 4.92. The fourth-order valence-corrected chi connectivity index (χ4v) is 3.21. The van der Waals surface area contributed by atoms with Gasteiger partial charge in [0.05, 0.1) is 28.5 Å². The maximum atomic E-state index is 12.5. The maximum absolute atomic E-state index is 12.5. The SMILES string of the molecule is Cc1cc(-c2ncnn3cccc23)ccc1CNC(=O)c1cnn(C(C)(C)C)c1. The van der Waals surface area contributed by atoms with Crippen LogP contribution in [0.3, 0.4) is 0 Å². The Morgan fingerprint density at radius 1 is 1.17 bits per heavy atom. The van der Waals surface area contributed by atoms with E-state index in [0.717, 1.165) is 27.9 Å². The van der Waals surface area contributed by atoms with Crippen molar-refractivity contribution < 1.29 is 4.79 Å². The normalized spacial score (nSPS) is 11.7. The molecule has 7 heteroatoms. The molecule has 3 heterocycles. The Morgan fingerprint density at radius 2 is 2.00 bits per heavy atom. The zero-order valence-electron chi connectivity index (χ0n) is 17.0. The molecule has 0 radical (unpaired) electrons. The van der Waals surface area contributed by atoms with E-state index >= 15 is 0 Å². The molecule has 0 saturated heterocycles. The maximum Gasteiger partial charge on any atom is 0.254 e. The summed E-state index contributed by atoms with van der Waals surface area (Å²) in [5, 5.41) is 11.5. The number of fused-ring (bicyclic) bond motifs is 1. The molecule has 148 valence electrons. The molecule has 0 bridgehead atoms. The Morgan fingerprint density at radius 3 is 2.72 bits per heavy atom. The first kappa shape index (κ1) is 18.9. The number of carbonyl (C=O) groups excluding carboxylic acids is 1. The van der Waals surface area contributed by atoms with Crippen molar-refractivity contribution >= 4 is 11.4 Å². The molecule has 29 heavy (non-hydrogen) atoms. The fraction of sp³-hybridized carbons (Fsp3) is 0.273. The highest BCUT2D eigenvalue weighted by Crippen LogP contribution is 2.24. The summed E-state index contributed by atoms with van der Waals surface area (Å²) in [6, 6.07) is 10.1. The fourth-order valence-electron chi connectivity index (χ4n) is 3.21. The van der Waals surface area contributed by atoms with Crippen LogP contribution < -0.4 is 5.32 Å². The van der Waals surface area contributed by atoms with Crippen molar-refractivity contribution in [1.82, 2.24) is 29.7 Å². The van der Waals surface area contributed by atoms with Crippen molar-refractivity contribution in [3.05, 3.63) is 71.9 Å². The highest BCUT2D eigenvalue weighted by atomic mass is 16.1. The molecule has 0 fully saturated rings. The number of nitrogens with zero attached hydrogens (tertiary/aromatic N) is 5. The first-order valence-corrected chi connectivity index (χ1v) is 9.54. The van der Waals surface area contributed by atoms with Gasteiger partial charge in [-0.05, 0) is 57.0 Å². The van der Waals surface area contributed by atoms with Gasteiger partial charge >= 0.3 is 0 Å². The van der Waals surface area contributed by atoms with Gasteiger partial charge in [0.1, 0.15) is 6.33 Å². The van der Waals surface area contributed by atoms with Crippen molar-refractivity contribution in [2.24, 2.45) is 0 Å². The molecule has 0 atom stereocenters. The van der Waals surface area contributed by atoms with Crippen molar-refractivity contribution in [3.8, 4) is 11.3 Å². The highest BCUT2D eigenvalue weighted by molar-refractivity contribution is 5.93. The van der Waals surface area contributed by atoms with Gasteiger partial charge in [-0.1, -0.05) is 12.1 Å². The third kappa shape index (κ3) is 3.76. The van der Waals surface area contributed by atoms with Crippen molar-refractivity contribution in [2.45, 2.75) is 39.8 Å². The van der Waals surface area contributed by atoms with Gasteiger partial charge in [-0.3, -0.25) is 9.48 Å². The van der Waals surface area contributed by atoms with Gasteiger partial charge in [0, 0.05) is 24.5 Å². The summed E-state index contributed by atoms with van der Waals surface area (Å²) in [4.78, 5) is 16.9. The van der Waals surface area contributed by atoms with E-state index in [1.165, 1.54) is 0 Å². The first-order chi connectivity index (χ1) is 13.8. The number of hydrogen-bond donors (Lipinski definition) is 1. The van der Waals surface area contributed by atoms with Gasteiger partial charge < -0.3 is 5.32 Å². The summed E-state index contributed by atoms with van der Waals surface area (Å²) in [7, 11) is 0. The van der Waals surface area contributed by atoms with Crippen LogP contribution in [0.15, 0.2) is 55.2 Å². The predicted molar refractivity (Wildman–Crippen MR) is 112 cm³/mol. The summed E-state index contributed by atoms with van der Waals surface area (Å²) >= 11 is 0. The number of carbonyl (C=O) groups is 1. The topological polar surface area (TPSA) is 77.1 Å². The van der Waals surface area contributed by atoms with Crippen LogP contribution in [-0.4, -0.2) is 30.3 Å². The molecule has 0 aliphatic heterocycles. The average Bonchev–Trinajstić information content (AvgIpc) is 3.35. The van der Waals surface area contributed by atoms with E-state index in [0.29, 0.717) is 12.1 Å². The minimum Gasteiger partial charge on any atom is -0.348 e. The summed E-state index contributed by atoms with van der Waals surface area (Å²) in [6.07, 6.45) is 6.85. The Labute approximate surface area is 169 Å². The number of benzene rings is 1. The molecule has 0 aliphatic rings. The first-order valence-electron chi connectivity index (χ1n) is 9.54. The molecule has 3 aromatic heterocycles. The quantitative estimate of drug-likeness (QED) is 0.580. The Bertz CT molecular complexity index is 1180. The molecule has 0 aliphatic carbocycles. The van der Waals surface area contributed by atoms with Crippen molar-refractivity contribution in [1.29, 1.82) is 0 Å². The van der Waals surface area contributed by atoms with E-state index in [4.69, 9.17) is 0 Å². The monoisotopic (exact) mass is 388 g/mol. The van der Waals surface area contributed by atoms with Gasteiger partial charge in [-0.2, -0.15) is 10.2 Å². The van der Waals surface area contributed by atoms with Crippen LogP contribution in [0.1, 0.15) is 42.3 Å². The van der Waals surface area contributed by atoms with Gasteiger partial charge in [-0.25, -0.2) is 9.50 Å². The molecule has 0 unspecified atom stereocenters. The largest absolute Gasteiger partial charge is 0.348 e. The van der Waals surface area contributed by atoms with Crippen LogP contribution in [0, 0.1) is 6.92 Å². The number of hydrogen-bond acceptors (Lipinski definition) is 4. The standard InChI is InChI=1S/C22H24N6O/c1-15-10-16(20-19-6-5-9-27(19)26-14-24-20)7-8-17(15)11-23-21(29)18-12-25-28(13-18)22(2,3)4/h5-10,12-14H,11H2,1-4H3,(H,23,29). The van der Waals surface area contributed by atoms with E-state index in [-0.39, 0.29) is 11.4 Å². The van der Waals surface area contributed by atoms with E-state index in [1.54, 1.807) is 23.4 Å². The van der Waals surface area contributed by atoms with E-state index < -0.39 is 0 Å². The number of amides is 1. The average molecular weight is 388 g/mol. The third-order valence-corrected chi connectivity index (χ3v) is 4.92. The molecule has 1 amide bonds. The minimum absolute atomic E-state index is 0.130. The minimum atomic E-state index is -0.155. The molecule has 4 rings (SSSR count). The molecular formula is C22H24N6O. The van der Waals surface area contributed by atoms with Crippen LogP contribution in [0.4, 0.5) is 0 Å². The zero-order chi connectivity index (χ0) is 20.6. The summed E-state index contributed by atoms with van der Waals surface area (Å²) in [5.41, 5.74) is 5.43. The smallest absolute Gasteiger partial charge is 0.254 e. The molecule has 1 aromatic carbocycles. The molecule has 0 spiro atoms. The van der Waals surface area contributed by atoms with Crippen LogP contribution in [0.25, 0.3) is 16.8 Å². The number of nitrogens with one attached hydrogen (secondary N) is 1. The molecule has 4 aromatic rings. The predicted octanol–water partition coefficient (Wildman–Crippen LogP) is 3.59. The lowest BCUT2D eigenvalue weighted by Gasteiger charge is -2.18. The Balaban J connectivity index is 1.50. The van der Waals surface area contributed by atoms with E-state index in [2.05, 4.69) is 26.6 Å². The van der Waals surface area contributed by atoms with E-state index in [9.17, 15) is 4.79 Å². The number of aryl methyl sites for hydroxylation is 1. The van der Waals surface area contributed by atoms with Gasteiger partial charge in [0.25, 0.3) is 5.91 Å².